The molecule has 0 unspecified atom stereocenters. The van der Waals surface area contributed by atoms with Gasteiger partial charge in [-0.1, -0.05) is 30.3 Å². The zero-order chi connectivity index (χ0) is 23.8. The average molecular weight is 570 g/mol. The minimum absolute atomic E-state index is 0.144. The van der Waals surface area contributed by atoms with Crippen molar-refractivity contribution in [1.29, 1.82) is 0 Å². The lowest BCUT2D eigenvalue weighted by Crippen LogP contribution is -2.44. The number of aromatic nitrogens is 2. The van der Waals surface area contributed by atoms with E-state index in [-0.39, 0.29) is 16.5 Å². The van der Waals surface area contributed by atoms with Crippen molar-refractivity contribution in [3.8, 4) is 16.9 Å². The molecule has 8 nitrogen and oxygen atoms in total. The van der Waals surface area contributed by atoms with Gasteiger partial charge in [0.05, 0.1) is 12.8 Å². The molecular weight excluding hydrogens is 547 g/mol. The van der Waals surface area contributed by atoms with Crippen molar-refractivity contribution in [3.63, 3.8) is 0 Å². The van der Waals surface area contributed by atoms with Crippen LogP contribution < -0.4 is 10.5 Å². The second kappa shape index (κ2) is 9.22. The number of benzene rings is 2. The van der Waals surface area contributed by atoms with Crippen LogP contribution in [-0.4, -0.2) is 61.0 Å². The molecule has 0 bridgehead atoms. The quantitative estimate of drug-likeness (QED) is 0.273. The number of para-hydroxylation sites is 1. The standard InChI is InChI=1S/C25H23IN4O4/c1-28-12-14-29(15-13-28)24-20(25(32)33-2)19-22(34-24)21(16-8-10-17(26)11-9-16)27-30(23(19)31)18-6-4-3-5-7-18/h3-11H,12-15H2,1-2H3. The topological polar surface area (TPSA) is 80.8 Å². The molecule has 0 spiro atoms. The van der Waals surface area contributed by atoms with Gasteiger partial charge in [-0.15, -0.1) is 0 Å². The molecule has 1 fully saturated rings. The number of piperazine rings is 1. The molecule has 174 valence electrons. The molecule has 1 saturated heterocycles. The van der Waals surface area contributed by atoms with Crippen molar-refractivity contribution >= 4 is 45.4 Å². The van der Waals surface area contributed by atoms with Gasteiger partial charge in [0.25, 0.3) is 5.56 Å². The molecule has 34 heavy (non-hydrogen) atoms. The maximum absolute atomic E-state index is 13.8. The molecule has 2 aromatic heterocycles. The Labute approximate surface area is 209 Å². The summed E-state index contributed by atoms with van der Waals surface area (Å²) in [4.78, 5) is 31.0. The zero-order valence-electron chi connectivity index (χ0n) is 18.8. The molecule has 0 saturated carbocycles. The molecule has 1 aliphatic heterocycles. The van der Waals surface area contributed by atoms with Crippen LogP contribution in [0.15, 0.2) is 63.8 Å². The van der Waals surface area contributed by atoms with E-state index in [1.165, 1.54) is 11.8 Å². The highest BCUT2D eigenvalue weighted by atomic mass is 127. The second-order valence-corrected chi connectivity index (χ2v) is 9.42. The summed E-state index contributed by atoms with van der Waals surface area (Å²) in [6.07, 6.45) is 0. The number of carbonyl (C=O) groups excluding carboxylic acids is 1. The second-order valence-electron chi connectivity index (χ2n) is 8.18. The number of hydrogen-bond acceptors (Lipinski definition) is 7. The first-order chi connectivity index (χ1) is 16.5. The molecule has 0 atom stereocenters. The van der Waals surface area contributed by atoms with Gasteiger partial charge in [-0.2, -0.15) is 9.78 Å². The first-order valence-electron chi connectivity index (χ1n) is 10.9. The van der Waals surface area contributed by atoms with Crippen LogP contribution >= 0.6 is 22.6 Å². The number of carbonyl (C=O) groups is 1. The summed E-state index contributed by atoms with van der Waals surface area (Å²) in [5.74, 6) is -0.254. The van der Waals surface area contributed by atoms with Crippen LogP contribution in [0.4, 0.5) is 5.88 Å². The fraction of sp³-hybridized carbons (Fsp3) is 0.240. The molecule has 2 aromatic carbocycles. The van der Waals surface area contributed by atoms with Gasteiger partial charge in [-0.25, -0.2) is 4.79 Å². The van der Waals surface area contributed by atoms with Crippen LogP contribution in [0.5, 0.6) is 0 Å². The summed E-state index contributed by atoms with van der Waals surface area (Å²) >= 11 is 2.24. The monoisotopic (exact) mass is 570 g/mol. The first-order valence-corrected chi connectivity index (χ1v) is 12.0. The van der Waals surface area contributed by atoms with E-state index >= 15 is 0 Å². The van der Waals surface area contributed by atoms with E-state index < -0.39 is 11.5 Å². The Hall–Kier alpha value is -3.18. The minimum Gasteiger partial charge on any atom is -0.465 e. The lowest BCUT2D eigenvalue weighted by molar-refractivity contribution is 0.0602. The van der Waals surface area contributed by atoms with Gasteiger partial charge in [-0.05, 0) is 53.9 Å². The predicted octanol–water partition coefficient (Wildman–Crippen LogP) is 3.79. The fourth-order valence-electron chi connectivity index (χ4n) is 4.15. The highest BCUT2D eigenvalue weighted by Gasteiger charge is 2.32. The average Bonchev–Trinajstić information content (AvgIpc) is 3.27. The van der Waals surface area contributed by atoms with Gasteiger partial charge in [0.1, 0.15) is 16.6 Å². The molecule has 0 amide bonds. The van der Waals surface area contributed by atoms with E-state index in [0.717, 1.165) is 22.2 Å². The Morgan fingerprint density at radius 3 is 2.35 bits per heavy atom. The number of halogens is 1. The number of hydrogen-bond donors (Lipinski definition) is 0. The number of methoxy groups -OCH3 is 1. The Morgan fingerprint density at radius 2 is 1.71 bits per heavy atom. The van der Waals surface area contributed by atoms with Gasteiger partial charge in [-0.3, -0.25) is 4.79 Å². The molecule has 1 aliphatic rings. The van der Waals surface area contributed by atoms with Crippen LogP contribution in [0.1, 0.15) is 10.4 Å². The number of rotatable bonds is 4. The number of fused-ring (bicyclic) bond motifs is 1. The molecule has 0 aliphatic carbocycles. The zero-order valence-corrected chi connectivity index (χ0v) is 21.0. The van der Waals surface area contributed by atoms with Crippen LogP contribution in [0.25, 0.3) is 27.9 Å². The van der Waals surface area contributed by atoms with Crippen molar-refractivity contribution in [3.05, 3.63) is 74.1 Å². The maximum atomic E-state index is 13.8. The van der Waals surface area contributed by atoms with Crippen LogP contribution in [0.2, 0.25) is 0 Å². The number of anilines is 1. The van der Waals surface area contributed by atoms with Gasteiger partial charge < -0.3 is 19.0 Å². The van der Waals surface area contributed by atoms with Crippen LogP contribution in [0, 0.1) is 3.57 Å². The molecule has 5 rings (SSSR count). The Bertz CT molecular complexity index is 1410. The third-order valence-corrected chi connectivity index (χ3v) is 6.73. The summed E-state index contributed by atoms with van der Waals surface area (Å²) in [5, 5.41) is 4.87. The maximum Gasteiger partial charge on any atom is 0.344 e. The number of ether oxygens (including phenoxy) is 1. The molecule has 0 N–H and O–H groups in total. The van der Waals surface area contributed by atoms with E-state index in [1.807, 2.05) is 47.4 Å². The van der Waals surface area contributed by atoms with Crippen molar-refractivity contribution in [2.24, 2.45) is 0 Å². The van der Waals surface area contributed by atoms with Gasteiger partial charge in [0, 0.05) is 35.3 Å². The van der Waals surface area contributed by atoms with Gasteiger partial charge in [0.15, 0.2) is 5.58 Å². The Balaban J connectivity index is 1.85. The van der Waals surface area contributed by atoms with Crippen molar-refractivity contribution < 1.29 is 13.9 Å². The predicted molar refractivity (Wildman–Crippen MR) is 139 cm³/mol. The smallest absolute Gasteiger partial charge is 0.344 e. The lowest BCUT2D eigenvalue weighted by Gasteiger charge is -2.32. The third-order valence-electron chi connectivity index (χ3n) is 6.01. The summed E-state index contributed by atoms with van der Waals surface area (Å²) in [6.45, 7) is 2.96. The molecule has 3 heterocycles. The molecular formula is C25H23IN4O4. The molecule has 9 heteroatoms. The largest absolute Gasteiger partial charge is 0.465 e. The fourth-order valence-corrected chi connectivity index (χ4v) is 4.51. The van der Waals surface area contributed by atoms with Crippen molar-refractivity contribution in [2.45, 2.75) is 0 Å². The van der Waals surface area contributed by atoms with Crippen LogP contribution in [-0.2, 0) is 4.74 Å². The van der Waals surface area contributed by atoms with Gasteiger partial charge >= 0.3 is 5.97 Å². The van der Waals surface area contributed by atoms with E-state index in [2.05, 4.69) is 34.5 Å². The number of furan rings is 1. The highest BCUT2D eigenvalue weighted by molar-refractivity contribution is 14.1. The van der Waals surface area contributed by atoms with Crippen molar-refractivity contribution in [2.75, 3.05) is 45.2 Å². The number of nitrogens with zero attached hydrogens (tertiary/aromatic N) is 4. The van der Waals surface area contributed by atoms with E-state index in [0.29, 0.717) is 30.4 Å². The van der Waals surface area contributed by atoms with E-state index in [1.54, 1.807) is 12.1 Å². The minimum atomic E-state index is -0.607. The summed E-state index contributed by atoms with van der Waals surface area (Å²) in [5.41, 5.74) is 1.86. The van der Waals surface area contributed by atoms with Crippen molar-refractivity contribution in [1.82, 2.24) is 14.7 Å². The SMILES string of the molecule is COC(=O)c1c(N2CCN(C)CC2)oc2c(-c3ccc(I)cc3)nn(-c3ccccc3)c(=O)c12. The highest BCUT2D eigenvalue weighted by Crippen LogP contribution is 2.37. The Kier molecular flexibility index (Phi) is 6.13. The van der Waals surface area contributed by atoms with Crippen LogP contribution in [0.3, 0.4) is 0 Å². The Morgan fingerprint density at radius 1 is 1.03 bits per heavy atom. The summed E-state index contributed by atoms with van der Waals surface area (Å²) in [7, 11) is 3.36. The molecule has 0 radical (unpaired) electrons. The van der Waals surface area contributed by atoms with Gasteiger partial charge in [0.2, 0.25) is 5.88 Å². The third kappa shape index (κ3) is 3.98. The normalized spacial score (nSPS) is 14.5. The summed E-state index contributed by atoms with van der Waals surface area (Å²) in [6, 6.07) is 16.9. The molecule has 4 aromatic rings. The summed E-state index contributed by atoms with van der Waals surface area (Å²) < 4.78 is 13.8. The van der Waals surface area contributed by atoms with E-state index in [4.69, 9.17) is 14.3 Å². The lowest BCUT2D eigenvalue weighted by atomic mass is 10.1. The number of esters is 1. The van der Waals surface area contributed by atoms with E-state index in [9.17, 15) is 9.59 Å². The number of likely N-dealkylation sites (N-methyl/N-ethyl adjacent to an activating group) is 1. The first kappa shape index (κ1) is 22.6.